The number of hydrazine groups is 1. The number of aliphatic hydroxyl groups excluding tert-OH is 6. The fraction of sp³-hybridized carbons (Fsp3) is 0.875. The molecule has 102 valence electrons. The summed E-state index contributed by atoms with van der Waals surface area (Å²) in [7, 11) is 0. The Morgan fingerprint density at radius 2 is 1.65 bits per heavy atom. The van der Waals surface area contributed by atoms with Gasteiger partial charge in [-0.2, -0.15) is 0 Å². The number of hydrogen-bond acceptors (Lipinski definition) is 8. The van der Waals surface area contributed by atoms with Crippen LogP contribution in [0.4, 0.5) is 0 Å². The van der Waals surface area contributed by atoms with E-state index < -0.39 is 36.9 Å². The topological polar surface area (TPSA) is 163 Å². The lowest BCUT2D eigenvalue weighted by molar-refractivity contribution is -0.149. The molecule has 0 spiro atoms. The van der Waals surface area contributed by atoms with Crippen molar-refractivity contribution in [1.29, 1.82) is 0 Å². The first-order chi connectivity index (χ1) is 7.95. The SMILES string of the molecule is O=C(NNCCO)[C@@H](O)[C@H](O)[C@H](O)[C@H](O)CO. The van der Waals surface area contributed by atoms with Crippen molar-refractivity contribution in [2.75, 3.05) is 19.8 Å². The Bertz CT molecular complexity index is 228. The van der Waals surface area contributed by atoms with E-state index in [1.165, 1.54) is 0 Å². The van der Waals surface area contributed by atoms with E-state index in [9.17, 15) is 20.1 Å². The van der Waals surface area contributed by atoms with E-state index in [4.69, 9.17) is 15.3 Å². The van der Waals surface area contributed by atoms with E-state index in [-0.39, 0.29) is 13.2 Å². The van der Waals surface area contributed by atoms with E-state index in [0.717, 1.165) is 0 Å². The average Bonchev–Trinajstić information content (AvgIpc) is 2.35. The van der Waals surface area contributed by atoms with Crippen LogP contribution in [-0.2, 0) is 4.79 Å². The number of carbonyl (C=O) groups is 1. The molecule has 0 radical (unpaired) electrons. The van der Waals surface area contributed by atoms with Crippen molar-refractivity contribution in [1.82, 2.24) is 10.9 Å². The normalized spacial score (nSPS) is 18.2. The highest BCUT2D eigenvalue weighted by atomic mass is 16.4. The van der Waals surface area contributed by atoms with E-state index in [1.54, 1.807) is 0 Å². The molecule has 0 unspecified atom stereocenters. The largest absolute Gasteiger partial charge is 0.395 e. The third kappa shape index (κ3) is 5.37. The number of carbonyl (C=O) groups excluding carboxylic acids is 1. The lowest BCUT2D eigenvalue weighted by atomic mass is 10.0. The molecular weight excluding hydrogens is 236 g/mol. The first kappa shape index (κ1) is 16.2. The summed E-state index contributed by atoms with van der Waals surface area (Å²) in [6, 6.07) is 0. The van der Waals surface area contributed by atoms with Crippen molar-refractivity contribution in [3.8, 4) is 0 Å². The molecule has 0 fully saturated rings. The Balaban J connectivity index is 4.18. The Morgan fingerprint density at radius 1 is 1.06 bits per heavy atom. The fourth-order valence-corrected chi connectivity index (χ4v) is 0.957. The maximum atomic E-state index is 11.2. The van der Waals surface area contributed by atoms with Gasteiger partial charge >= 0.3 is 0 Å². The van der Waals surface area contributed by atoms with E-state index >= 15 is 0 Å². The highest BCUT2D eigenvalue weighted by Gasteiger charge is 2.33. The highest BCUT2D eigenvalue weighted by Crippen LogP contribution is 2.04. The van der Waals surface area contributed by atoms with E-state index in [0.29, 0.717) is 0 Å². The number of nitrogens with one attached hydrogen (secondary N) is 2. The van der Waals surface area contributed by atoms with Gasteiger partial charge in [-0.25, -0.2) is 5.43 Å². The van der Waals surface area contributed by atoms with Crippen LogP contribution in [0.25, 0.3) is 0 Å². The molecule has 0 aliphatic carbocycles. The maximum absolute atomic E-state index is 11.2. The van der Waals surface area contributed by atoms with Gasteiger partial charge in [-0.15, -0.1) is 0 Å². The van der Waals surface area contributed by atoms with Gasteiger partial charge in [0.1, 0.15) is 18.3 Å². The maximum Gasteiger partial charge on any atom is 0.265 e. The summed E-state index contributed by atoms with van der Waals surface area (Å²) < 4.78 is 0. The monoisotopic (exact) mass is 254 g/mol. The summed E-state index contributed by atoms with van der Waals surface area (Å²) in [5.74, 6) is -1.05. The average molecular weight is 254 g/mol. The molecule has 0 rings (SSSR count). The number of amides is 1. The van der Waals surface area contributed by atoms with E-state index in [2.05, 4.69) is 5.43 Å². The first-order valence-corrected chi connectivity index (χ1v) is 4.92. The first-order valence-electron chi connectivity index (χ1n) is 4.92. The highest BCUT2D eigenvalue weighted by molar-refractivity contribution is 5.80. The fourth-order valence-electron chi connectivity index (χ4n) is 0.957. The zero-order chi connectivity index (χ0) is 13.4. The van der Waals surface area contributed by atoms with Gasteiger partial charge in [0.15, 0.2) is 6.10 Å². The van der Waals surface area contributed by atoms with Gasteiger partial charge in [-0.1, -0.05) is 0 Å². The number of aliphatic hydroxyl groups is 6. The number of hydrogen-bond donors (Lipinski definition) is 8. The Hall–Kier alpha value is -0.810. The van der Waals surface area contributed by atoms with Crippen LogP contribution in [0.15, 0.2) is 0 Å². The predicted molar refractivity (Wildman–Crippen MR) is 54.3 cm³/mol. The molecule has 17 heavy (non-hydrogen) atoms. The quantitative estimate of drug-likeness (QED) is 0.158. The minimum atomic E-state index is -1.99. The summed E-state index contributed by atoms with van der Waals surface area (Å²) in [5.41, 5.74) is 4.20. The van der Waals surface area contributed by atoms with Gasteiger partial charge in [-0.3, -0.25) is 10.2 Å². The Labute approximate surface area is 97.3 Å². The van der Waals surface area contributed by atoms with Crippen molar-refractivity contribution in [2.45, 2.75) is 24.4 Å². The molecule has 0 aromatic rings. The Kier molecular flexibility index (Phi) is 7.91. The minimum Gasteiger partial charge on any atom is -0.395 e. The molecular formula is C8H18N2O7. The molecule has 0 aliphatic rings. The van der Waals surface area contributed by atoms with Crippen molar-refractivity contribution in [2.24, 2.45) is 0 Å². The third-order valence-corrected chi connectivity index (χ3v) is 1.97. The van der Waals surface area contributed by atoms with Gasteiger partial charge in [0, 0.05) is 6.54 Å². The van der Waals surface area contributed by atoms with Gasteiger partial charge in [-0.05, 0) is 0 Å². The molecule has 0 bridgehead atoms. The molecule has 9 nitrogen and oxygen atoms in total. The summed E-state index contributed by atoms with van der Waals surface area (Å²) in [6.07, 6.45) is -7.47. The van der Waals surface area contributed by atoms with Crippen LogP contribution < -0.4 is 10.9 Å². The molecule has 0 aromatic carbocycles. The molecule has 0 saturated carbocycles. The summed E-state index contributed by atoms with van der Waals surface area (Å²) in [5, 5.41) is 53.7. The second-order valence-corrected chi connectivity index (χ2v) is 3.32. The zero-order valence-corrected chi connectivity index (χ0v) is 9.02. The second-order valence-electron chi connectivity index (χ2n) is 3.32. The van der Waals surface area contributed by atoms with Crippen molar-refractivity contribution in [3.05, 3.63) is 0 Å². The van der Waals surface area contributed by atoms with Crippen LogP contribution in [0.5, 0.6) is 0 Å². The minimum absolute atomic E-state index is 0.0381. The lowest BCUT2D eigenvalue weighted by Crippen LogP contribution is -2.54. The molecule has 0 saturated heterocycles. The zero-order valence-electron chi connectivity index (χ0n) is 9.02. The molecule has 8 N–H and O–H groups in total. The second kappa shape index (κ2) is 8.31. The van der Waals surface area contributed by atoms with Crippen molar-refractivity contribution < 1.29 is 35.4 Å². The molecule has 1 amide bonds. The van der Waals surface area contributed by atoms with Crippen LogP contribution in [-0.4, -0.2) is 80.7 Å². The van der Waals surface area contributed by atoms with Crippen LogP contribution in [0.2, 0.25) is 0 Å². The molecule has 0 heterocycles. The van der Waals surface area contributed by atoms with Crippen LogP contribution >= 0.6 is 0 Å². The van der Waals surface area contributed by atoms with Crippen LogP contribution in [0, 0.1) is 0 Å². The Morgan fingerprint density at radius 3 is 2.12 bits per heavy atom. The third-order valence-electron chi connectivity index (χ3n) is 1.97. The van der Waals surface area contributed by atoms with Crippen LogP contribution in [0.3, 0.4) is 0 Å². The summed E-state index contributed by atoms with van der Waals surface area (Å²) in [4.78, 5) is 11.2. The van der Waals surface area contributed by atoms with Crippen molar-refractivity contribution >= 4 is 5.91 Å². The number of rotatable bonds is 8. The smallest absolute Gasteiger partial charge is 0.265 e. The van der Waals surface area contributed by atoms with Gasteiger partial charge in [0.2, 0.25) is 0 Å². The van der Waals surface area contributed by atoms with Gasteiger partial charge in [0.05, 0.1) is 13.2 Å². The van der Waals surface area contributed by atoms with Gasteiger partial charge in [0.25, 0.3) is 5.91 Å². The van der Waals surface area contributed by atoms with E-state index in [1.807, 2.05) is 5.43 Å². The van der Waals surface area contributed by atoms with Gasteiger partial charge < -0.3 is 30.6 Å². The van der Waals surface area contributed by atoms with Crippen molar-refractivity contribution in [3.63, 3.8) is 0 Å². The summed E-state index contributed by atoms with van der Waals surface area (Å²) in [6.45, 7) is -1.03. The molecule has 0 aliphatic heterocycles. The molecule has 0 aromatic heterocycles. The predicted octanol–water partition coefficient (Wildman–Crippen LogP) is -4.96. The standard InChI is InChI=1S/C8H18N2O7/c11-2-1-9-10-8(17)7(16)6(15)5(14)4(13)3-12/h4-7,9,11-16H,1-3H2,(H,10,17)/t4-,5-,6-,7+/m1/s1. The van der Waals surface area contributed by atoms with Crippen LogP contribution in [0.1, 0.15) is 0 Å². The summed E-state index contributed by atoms with van der Waals surface area (Å²) >= 11 is 0. The molecule has 4 atom stereocenters. The lowest BCUT2D eigenvalue weighted by Gasteiger charge is -2.24. The molecule has 9 heteroatoms.